The average Bonchev–Trinajstić information content (AvgIpc) is 2.98. The molecule has 0 aromatic carbocycles. The van der Waals surface area contributed by atoms with Crippen molar-refractivity contribution in [2.45, 2.75) is 40.2 Å². The molecule has 0 unspecified atom stereocenters. The minimum Gasteiger partial charge on any atom is -0.429 e. The van der Waals surface area contributed by atoms with E-state index >= 15 is 0 Å². The van der Waals surface area contributed by atoms with Gasteiger partial charge in [-0.05, 0) is 60.2 Å². The molecule has 152 valence electrons. The second kappa shape index (κ2) is 8.00. The number of piperidine rings is 1. The summed E-state index contributed by atoms with van der Waals surface area (Å²) in [6.45, 7) is 9.27. The van der Waals surface area contributed by atoms with Gasteiger partial charge in [0, 0.05) is 4.88 Å². The van der Waals surface area contributed by atoms with E-state index in [9.17, 15) is 10.1 Å². The number of fused-ring (bicyclic) bond motifs is 1. The molecule has 4 rings (SSSR count). The van der Waals surface area contributed by atoms with Gasteiger partial charge < -0.3 is 19.8 Å². The van der Waals surface area contributed by atoms with Crippen LogP contribution in [0.3, 0.4) is 0 Å². The second-order valence-electron chi connectivity index (χ2n) is 7.70. The number of thiophene rings is 1. The van der Waals surface area contributed by atoms with Gasteiger partial charge in [0.05, 0.1) is 18.5 Å². The van der Waals surface area contributed by atoms with Gasteiger partial charge in [0.1, 0.15) is 17.6 Å². The van der Waals surface area contributed by atoms with Gasteiger partial charge in [0.25, 0.3) is 0 Å². The van der Waals surface area contributed by atoms with E-state index in [0.29, 0.717) is 11.7 Å². The van der Waals surface area contributed by atoms with Gasteiger partial charge in [-0.2, -0.15) is 4.98 Å². The van der Waals surface area contributed by atoms with Crippen molar-refractivity contribution >= 4 is 27.4 Å². The predicted octanol–water partition coefficient (Wildman–Crippen LogP) is 3.22. The Labute approximate surface area is 172 Å². The Kier molecular flexibility index (Phi) is 5.42. The zero-order valence-corrected chi connectivity index (χ0v) is 17.6. The van der Waals surface area contributed by atoms with Crippen molar-refractivity contribution in [1.82, 2.24) is 15.0 Å². The summed E-state index contributed by atoms with van der Waals surface area (Å²) in [6, 6.07) is 3.16. The Morgan fingerprint density at radius 3 is 2.79 bits per heavy atom. The summed E-state index contributed by atoms with van der Waals surface area (Å²) < 4.78 is 5.97. The number of aryl methyl sites for hydroxylation is 2. The fraction of sp³-hybridized carbons (Fsp3) is 0.450. The quantitative estimate of drug-likeness (QED) is 0.509. The fourth-order valence-electron chi connectivity index (χ4n) is 3.68. The lowest BCUT2D eigenvalue weighted by Gasteiger charge is -2.26. The zero-order valence-electron chi connectivity index (χ0n) is 16.8. The van der Waals surface area contributed by atoms with E-state index in [1.54, 1.807) is 23.5 Å². The van der Waals surface area contributed by atoms with E-state index in [0.717, 1.165) is 46.2 Å². The van der Waals surface area contributed by atoms with Crippen molar-refractivity contribution in [1.29, 1.82) is 0 Å². The molecule has 3 aromatic heterocycles. The molecule has 1 aliphatic rings. The largest absolute Gasteiger partial charge is 0.429 e. The van der Waals surface area contributed by atoms with E-state index in [2.05, 4.69) is 16.9 Å². The summed E-state index contributed by atoms with van der Waals surface area (Å²) in [6.07, 6.45) is 3.80. The first-order valence-electron chi connectivity index (χ1n) is 9.79. The Hall–Kier alpha value is -2.65. The first-order valence-corrected chi connectivity index (χ1v) is 10.6. The standard InChI is InChI=1S/C20H23N5O3S/c1-12-6-9-24(10-7-12)11-16-22-19(17-13(2)14(3)29-20(17)23-16)28-15-5-4-8-21-18(15)25(26)27/h4-5,8,12H,6-7,9-11H2,1-3H3/p+1. The number of likely N-dealkylation sites (tertiary alicyclic amines) is 1. The smallest absolute Gasteiger partial charge is 0.406 e. The van der Waals surface area contributed by atoms with Crippen LogP contribution in [0.1, 0.15) is 36.0 Å². The fourth-order valence-corrected chi connectivity index (χ4v) is 4.72. The molecular weight excluding hydrogens is 390 g/mol. The van der Waals surface area contributed by atoms with Crippen LogP contribution in [-0.4, -0.2) is 33.0 Å². The SMILES string of the molecule is Cc1sc2nc(C[NH+]3CCC(C)CC3)nc(Oc3cccnc3[N+](=O)[O-])c2c1C. The molecule has 1 fully saturated rings. The Morgan fingerprint density at radius 1 is 1.31 bits per heavy atom. The maximum atomic E-state index is 11.3. The Balaban J connectivity index is 1.73. The highest BCUT2D eigenvalue weighted by Gasteiger charge is 2.24. The highest BCUT2D eigenvalue weighted by Crippen LogP contribution is 2.38. The molecular formula is C20H24N5O3S+. The normalized spacial score (nSPS) is 19.4. The number of ether oxygens (including phenoxy) is 1. The number of aromatic nitrogens is 3. The summed E-state index contributed by atoms with van der Waals surface area (Å²) in [5.41, 5.74) is 1.04. The highest BCUT2D eigenvalue weighted by molar-refractivity contribution is 7.18. The third-order valence-electron chi connectivity index (χ3n) is 5.56. The van der Waals surface area contributed by atoms with E-state index in [-0.39, 0.29) is 11.6 Å². The summed E-state index contributed by atoms with van der Waals surface area (Å²) in [5.74, 6) is 1.62. The number of hydrogen-bond acceptors (Lipinski definition) is 7. The molecule has 1 N–H and O–H groups in total. The molecule has 0 atom stereocenters. The topological polar surface area (TPSA) is 95.5 Å². The summed E-state index contributed by atoms with van der Waals surface area (Å²) in [4.78, 5) is 27.6. The van der Waals surface area contributed by atoms with Crippen LogP contribution in [0.5, 0.6) is 11.6 Å². The van der Waals surface area contributed by atoms with Gasteiger partial charge in [-0.15, -0.1) is 11.3 Å². The summed E-state index contributed by atoms with van der Waals surface area (Å²) in [7, 11) is 0. The number of nitrogens with zero attached hydrogens (tertiary/aromatic N) is 4. The van der Waals surface area contributed by atoms with Gasteiger partial charge in [0.2, 0.25) is 11.6 Å². The van der Waals surface area contributed by atoms with Crippen molar-refractivity contribution in [3.05, 3.63) is 44.7 Å². The Bertz CT molecular complexity index is 1060. The summed E-state index contributed by atoms with van der Waals surface area (Å²) >= 11 is 1.60. The molecule has 1 saturated heterocycles. The molecule has 29 heavy (non-hydrogen) atoms. The van der Waals surface area contributed by atoms with Gasteiger partial charge in [-0.25, -0.2) is 4.98 Å². The van der Waals surface area contributed by atoms with Gasteiger partial charge >= 0.3 is 5.82 Å². The lowest BCUT2D eigenvalue weighted by molar-refractivity contribution is -0.920. The van der Waals surface area contributed by atoms with Gasteiger partial charge in [-0.1, -0.05) is 6.92 Å². The molecule has 4 heterocycles. The van der Waals surface area contributed by atoms with Crippen molar-refractivity contribution in [2.75, 3.05) is 13.1 Å². The molecule has 3 aromatic rings. The maximum absolute atomic E-state index is 11.3. The van der Waals surface area contributed by atoms with Crippen molar-refractivity contribution in [3.63, 3.8) is 0 Å². The molecule has 0 amide bonds. The van der Waals surface area contributed by atoms with Crippen molar-refractivity contribution in [2.24, 2.45) is 5.92 Å². The maximum Gasteiger partial charge on any atom is 0.406 e. The number of nitro groups is 1. The van der Waals surface area contributed by atoms with Crippen LogP contribution in [0.15, 0.2) is 18.3 Å². The highest BCUT2D eigenvalue weighted by atomic mass is 32.1. The van der Waals surface area contributed by atoms with Crippen LogP contribution in [0.25, 0.3) is 10.2 Å². The lowest BCUT2D eigenvalue weighted by Crippen LogP contribution is -3.11. The molecule has 9 heteroatoms. The molecule has 0 bridgehead atoms. The van der Waals surface area contributed by atoms with Crippen LogP contribution in [-0.2, 0) is 6.54 Å². The van der Waals surface area contributed by atoms with E-state index in [4.69, 9.17) is 9.72 Å². The predicted molar refractivity (Wildman–Crippen MR) is 111 cm³/mol. The van der Waals surface area contributed by atoms with Crippen molar-refractivity contribution in [3.8, 4) is 11.6 Å². The number of hydrogen-bond donors (Lipinski definition) is 1. The molecule has 1 aliphatic heterocycles. The van der Waals surface area contributed by atoms with Crippen LogP contribution < -0.4 is 9.64 Å². The van der Waals surface area contributed by atoms with Gasteiger partial charge in [-0.3, -0.25) is 0 Å². The van der Waals surface area contributed by atoms with E-state index in [1.165, 1.54) is 23.9 Å². The number of rotatable bonds is 5. The molecule has 0 saturated carbocycles. The Morgan fingerprint density at radius 2 is 2.07 bits per heavy atom. The van der Waals surface area contributed by atoms with Crippen molar-refractivity contribution < 1.29 is 14.6 Å². The van der Waals surface area contributed by atoms with Crippen LogP contribution in [0.2, 0.25) is 0 Å². The number of pyridine rings is 1. The van der Waals surface area contributed by atoms with Gasteiger partial charge in [0.15, 0.2) is 5.82 Å². The van der Waals surface area contributed by atoms with Crippen LogP contribution in [0, 0.1) is 29.9 Å². The molecule has 8 nitrogen and oxygen atoms in total. The first kappa shape index (κ1) is 19.7. The first-order chi connectivity index (χ1) is 13.9. The molecule has 0 radical (unpaired) electrons. The average molecular weight is 415 g/mol. The van der Waals surface area contributed by atoms with Crippen LogP contribution in [0.4, 0.5) is 5.82 Å². The minimum atomic E-state index is -0.542. The zero-order chi connectivity index (χ0) is 20.5. The number of quaternary nitrogens is 1. The second-order valence-corrected chi connectivity index (χ2v) is 8.91. The lowest BCUT2D eigenvalue weighted by atomic mass is 9.99. The molecule has 0 spiro atoms. The number of nitrogens with one attached hydrogen (secondary N) is 1. The molecule has 0 aliphatic carbocycles. The third-order valence-corrected chi connectivity index (χ3v) is 6.66. The minimum absolute atomic E-state index is 0.0887. The van der Waals surface area contributed by atoms with Crippen LogP contribution >= 0.6 is 11.3 Å². The van der Waals surface area contributed by atoms with E-state index in [1.807, 2.05) is 13.8 Å². The summed E-state index contributed by atoms with van der Waals surface area (Å²) in [5, 5.41) is 12.1. The monoisotopic (exact) mass is 414 g/mol. The van der Waals surface area contributed by atoms with E-state index < -0.39 is 4.92 Å². The third kappa shape index (κ3) is 4.06.